The predicted octanol–water partition coefficient (Wildman–Crippen LogP) is 2.12. The zero-order valence-electron chi connectivity index (χ0n) is 15.4. The summed E-state index contributed by atoms with van der Waals surface area (Å²) in [6, 6.07) is 7.99. The van der Waals surface area contributed by atoms with Crippen LogP contribution in [-0.4, -0.2) is 45.9 Å². The Balaban J connectivity index is 1.59. The number of pyridine rings is 1. The molecule has 0 aromatic carbocycles. The molecule has 2 aromatic rings. The Morgan fingerprint density at radius 1 is 1.26 bits per heavy atom. The number of aromatic nitrogens is 3. The molecule has 3 rings (SSSR count). The SMILES string of the molecule is COc1cccc(CCNc2ncc(C#N)c(N[C@H]3CC[C@@H](O)CC3)n2)n1. The number of nitrogens with zero attached hydrogens (tertiary/aromatic N) is 4. The zero-order chi connectivity index (χ0) is 19.1. The second-order valence-corrected chi connectivity index (χ2v) is 6.57. The lowest BCUT2D eigenvalue weighted by molar-refractivity contribution is 0.126. The van der Waals surface area contributed by atoms with Crippen molar-refractivity contribution in [2.75, 3.05) is 24.3 Å². The maximum absolute atomic E-state index is 9.63. The Labute approximate surface area is 158 Å². The second-order valence-electron chi connectivity index (χ2n) is 6.57. The van der Waals surface area contributed by atoms with Crippen molar-refractivity contribution in [2.24, 2.45) is 0 Å². The fraction of sp³-hybridized carbons (Fsp3) is 0.474. The maximum atomic E-state index is 9.63. The molecule has 8 nitrogen and oxygen atoms in total. The minimum atomic E-state index is -0.216. The molecule has 1 aliphatic rings. The maximum Gasteiger partial charge on any atom is 0.224 e. The molecule has 1 aliphatic carbocycles. The Morgan fingerprint density at radius 3 is 2.81 bits per heavy atom. The Morgan fingerprint density at radius 2 is 2.07 bits per heavy atom. The summed E-state index contributed by atoms with van der Waals surface area (Å²) in [5, 5.41) is 25.4. The molecule has 142 valence electrons. The molecule has 0 amide bonds. The van der Waals surface area contributed by atoms with E-state index >= 15 is 0 Å². The molecule has 27 heavy (non-hydrogen) atoms. The van der Waals surface area contributed by atoms with E-state index < -0.39 is 0 Å². The van der Waals surface area contributed by atoms with E-state index in [-0.39, 0.29) is 12.1 Å². The van der Waals surface area contributed by atoms with E-state index in [2.05, 4.69) is 31.7 Å². The second kappa shape index (κ2) is 9.14. The van der Waals surface area contributed by atoms with Gasteiger partial charge >= 0.3 is 0 Å². The van der Waals surface area contributed by atoms with E-state index in [0.29, 0.717) is 36.2 Å². The van der Waals surface area contributed by atoms with Gasteiger partial charge in [0.05, 0.1) is 19.4 Å². The van der Waals surface area contributed by atoms with Crippen LogP contribution >= 0.6 is 0 Å². The molecular weight excluding hydrogens is 344 g/mol. The number of nitriles is 1. The zero-order valence-corrected chi connectivity index (χ0v) is 15.4. The van der Waals surface area contributed by atoms with Crippen LogP contribution in [0.15, 0.2) is 24.4 Å². The van der Waals surface area contributed by atoms with Crippen LogP contribution in [-0.2, 0) is 6.42 Å². The van der Waals surface area contributed by atoms with Crippen molar-refractivity contribution in [1.29, 1.82) is 5.26 Å². The third-order valence-electron chi connectivity index (χ3n) is 4.60. The lowest BCUT2D eigenvalue weighted by Gasteiger charge is -2.26. The quantitative estimate of drug-likeness (QED) is 0.680. The van der Waals surface area contributed by atoms with Crippen LogP contribution in [0.4, 0.5) is 11.8 Å². The van der Waals surface area contributed by atoms with E-state index in [4.69, 9.17) is 4.74 Å². The molecule has 1 fully saturated rings. The highest BCUT2D eigenvalue weighted by atomic mass is 16.5. The van der Waals surface area contributed by atoms with E-state index in [1.165, 1.54) is 6.20 Å². The third kappa shape index (κ3) is 5.28. The lowest BCUT2D eigenvalue weighted by atomic mass is 9.93. The summed E-state index contributed by atoms with van der Waals surface area (Å²) in [5.74, 6) is 1.59. The first-order valence-corrected chi connectivity index (χ1v) is 9.13. The van der Waals surface area contributed by atoms with Gasteiger partial charge in [-0.15, -0.1) is 0 Å². The summed E-state index contributed by atoms with van der Waals surface area (Å²) in [6.07, 6.45) is 5.27. The average Bonchev–Trinajstić information content (AvgIpc) is 2.70. The van der Waals surface area contributed by atoms with Gasteiger partial charge in [-0.1, -0.05) is 6.07 Å². The van der Waals surface area contributed by atoms with E-state index in [1.807, 2.05) is 18.2 Å². The number of rotatable bonds is 7. The molecule has 0 saturated heterocycles. The van der Waals surface area contributed by atoms with Gasteiger partial charge in [-0.05, 0) is 31.7 Å². The topological polar surface area (TPSA) is 116 Å². The molecule has 0 bridgehead atoms. The van der Waals surface area contributed by atoms with Gasteiger partial charge in [0.25, 0.3) is 0 Å². The van der Waals surface area contributed by atoms with Crippen LogP contribution in [0.3, 0.4) is 0 Å². The van der Waals surface area contributed by atoms with Gasteiger partial charge in [0, 0.05) is 30.8 Å². The molecule has 1 saturated carbocycles. The predicted molar refractivity (Wildman–Crippen MR) is 102 cm³/mol. The summed E-state index contributed by atoms with van der Waals surface area (Å²) in [7, 11) is 1.59. The molecule has 2 heterocycles. The Kier molecular flexibility index (Phi) is 6.39. The van der Waals surface area contributed by atoms with Crippen molar-refractivity contribution in [1.82, 2.24) is 15.0 Å². The monoisotopic (exact) mass is 368 g/mol. The van der Waals surface area contributed by atoms with Gasteiger partial charge in [0.1, 0.15) is 17.5 Å². The summed E-state index contributed by atoms with van der Waals surface area (Å²) in [4.78, 5) is 13.0. The number of methoxy groups -OCH3 is 1. The fourth-order valence-electron chi connectivity index (χ4n) is 3.09. The summed E-state index contributed by atoms with van der Waals surface area (Å²) in [6.45, 7) is 0.612. The van der Waals surface area contributed by atoms with Gasteiger partial charge in [-0.25, -0.2) is 9.97 Å². The van der Waals surface area contributed by atoms with Gasteiger partial charge in [0.15, 0.2) is 0 Å². The largest absolute Gasteiger partial charge is 0.481 e. The van der Waals surface area contributed by atoms with Crippen LogP contribution in [0.5, 0.6) is 5.88 Å². The van der Waals surface area contributed by atoms with Crippen LogP contribution in [0.2, 0.25) is 0 Å². The Hall–Kier alpha value is -2.92. The number of nitrogens with one attached hydrogen (secondary N) is 2. The molecule has 8 heteroatoms. The number of anilines is 2. The first kappa shape index (κ1) is 18.9. The van der Waals surface area contributed by atoms with Crippen LogP contribution in [0.25, 0.3) is 0 Å². The van der Waals surface area contributed by atoms with E-state index in [9.17, 15) is 10.4 Å². The number of hydrogen-bond acceptors (Lipinski definition) is 8. The first-order valence-electron chi connectivity index (χ1n) is 9.13. The van der Waals surface area contributed by atoms with Gasteiger partial charge in [0.2, 0.25) is 11.8 Å². The van der Waals surface area contributed by atoms with Crippen molar-refractivity contribution < 1.29 is 9.84 Å². The number of hydrogen-bond donors (Lipinski definition) is 3. The average molecular weight is 368 g/mol. The third-order valence-corrected chi connectivity index (χ3v) is 4.60. The van der Waals surface area contributed by atoms with Crippen molar-refractivity contribution in [2.45, 2.75) is 44.2 Å². The van der Waals surface area contributed by atoms with Gasteiger partial charge < -0.3 is 20.5 Å². The highest BCUT2D eigenvalue weighted by Gasteiger charge is 2.20. The van der Waals surface area contributed by atoms with Crippen molar-refractivity contribution in [3.8, 4) is 11.9 Å². The highest BCUT2D eigenvalue weighted by Crippen LogP contribution is 2.23. The number of aliphatic hydroxyl groups excluding tert-OH is 1. The smallest absolute Gasteiger partial charge is 0.224 e. The lowest BCUT2D eigenvalue weighted by Crippen LogP contribution is -2.29. The molecule has 0 unspecified atom stereocenters. The normalized spacial score (nSPS) is 19.1. The molecule has 0 radical (unpaired) electrons. The van der Waals surface area contributed by atoms with E-state index in [1.54, 1.807) is 7.11 Å². The summed E-state index contributed by atoms with van der Waals surface area (Å²) in [5.41, 5.74) is 1.33. The minimum absolute atomic E-state index is 0.212. The van der Waals surface area contributed by atoms with Gasteiger partial charge in [-0.2, -0.15) is 10.2 Å². The minimum Gasteiger partial charge on any atom is -0.481 e. The van der Waals surface area contributed by atoms with Crippen molar-refractivity contribution >= 4 is 11.8 Å². The molecule has 2 aromatic heterocycles. The summed E-state index contributed by atoms with van der Waals surface area (Å²) >= 11 is 0. The molecule has 0 spiro atoms. The van der Waals surface area contributed by atoms with E-state index in [0.717, 1.165) is 31.4 Å². The first-order chi connectivity index (χ1) is 13.2. The number of aliphatic hydroxyl groups is 1. The summed E-state index contributed by atoms with van der Waals surface area (Å²) < 4.78 is 5.13. The van der Waals surface area contributed by atoms with Crippen LogP contribution in [0, 0.1) is 11.3 Å². The Bertz CT molecular complexity index is 799. The molecule has 3 N–H and O–H groups in total. The molecule has 0 aliphatic heterocycles. The van der Waals surface area contributed by atoms with Crippen LogP contribution in [0.1, 0.15) is 36.9 Å². The molecule has 0 atom stereocenters. The van der Waals surface area contributed by atoms with Gasteiger partial charge in [-0.3, -0.25) is 0 Å². The van der Waals surface area contributed by atoms with Crippen LogP contribution < -0.4 is 15.4 Å². The standard InChI is InChI=1S/C19H24N6O2/c1-27-17-4-2-3-14(23-17)9-10-21-19-22-12-13(11-20)18(25-19)24-15-5-7-16(26)8-6-15/h2-4,12,15-16,26H,5-10H2,1H3,(H2,21,22,24,25)/t15-,16+. The highest BCUT2D eigenvalue weighted by molar-refractivity contribution is 5.54. The van der Waals surface area contributed by atoms with Crippen molar-refractivity contribution in [3.63, 3.8) is 0 Å². The fourth-order valence-corrected chi connectivity index (χ4v) is 3.09. The molecular formula is C19H24N6O2. The van der Waals surface area contributed by atoms with Crippen molar-refractivity contribution in [3.05, 3.63) is 35.7 Å². The number of ether oxygens (including phenoxy) is 1.